The lowest BCUT2D eigenvalue weighted by molar-refractivity contribution is 1.24. The second-order valence-corrected chi connectivity index (χ2v) is 5.53. The zero-order valence-electron chi connectivity index (χ0n) is 11.5. The van der Waals surface area contributed by atoms with Crippen LogP contribution in [0.1, 0.15) is 5.56 Å². The predicted octanol–water partition coefficient (Wildman–Crippen LogP) is 5.02. The van der Waals surface area contributed by atoms with Crippen LogP contribution in [-0.2, 0) is 0 Å². The van der Waals surface area contributed by atoms with Crippen molar-refractivity contribution in [2.24, 2.45) is 4.99 Å². The molecular formula is C18H13ClN2. The molecule has 4 rings (SSSR count). The standard InChI is InChI=1S/C18H13ClN2/c1-21-16-11-5-7-12-6-4-10-15(17(12)16)20-18(21)13-8-2-3-9-14(13)19/h2-11H,1H3. The van der Waals surface area contributed by atoms with E-state index in [2.05, 4.69) is 35.2 Å². The zero-order valence-corrected chi connectivity index (χ0v) is 12.3. The van der Waals surface area contributed by atoms with Crippen molar-refractivity contribution in [1.82, 2.24) is 0 Å². The Morgan fingerprint density at radius 1 is 0.905 bits per heavy atom. The minimum atomic E-state index is 0.717. The highest BCUT2D eigenvalue weighted by Gasteiger charge is 2.21. The van der Waals surface area contributed by atoms with Gasteiger partial charge in [0, 0.05) is 18.0 Å². The van der Waals surface area contributed by atoms with E-state index < -0.39 is 0 Å². The van der Waals surface area contributed by atoms with Crippen LogP contribution in [-0.4, -0.2) is 12.9 Å². The second kappa shape index (κ2) is 4.61. The number of rotatable bonds is 1. The first-order chi connectivity index (χ1) is 10.3. The lowest BCUT2D eigenvalue weighted by Crippen LogP contribution is -2.29. The first-order valence-corrected chi connectivity index (χ1v) is 7.22. The number of aliphatic imine (C=N–C) groups is 1. The molecule has 0 N–H and O–H groups in total. The highest BCUT2D eigenvalue weighted by atomic mass is 35.5. The van der Waals surface area contributed by atoms with Crippen LogP contribution in [0, 0.1) is 0 Å². The van der Waals surface area contributed by atoms with Gasteiger partial charge in [-0.2, -0.15) is 0 Å². The minimum absolute atomic E-state index is 0.717. The van der Waals surface area contributed by atoms with Gasteiger partial charge in [-0.3, -0.25) is 0 Å². The third-order valence-corrected chi connectivity index (χ3v) is 4.21. The number of hydrogen-bond acceptors (Lipinski definition) is 2. The van der Waals surface area contributed by atoms with Gasteiger partial charge in [-0.15, -0.1) is 0 Å². The van der Waals surface area contributed by atoms with Crippen LogP contribution in [0.15, 0.2) is 65.7 Å². The summed E-state index contributed by atoms with van der Waals surface area (Å²) < 4.78 is 0. The van der Waals surface area contributed by atoms with Crippen LogP contribution in [0.5, 0.6) is 0 Å². The summed E-state index contributed by atoms with van der Waals surface area (Å²) in [5.41, 5.74) is 3.11. The van der Waals surface area contributed by atoms with Gasteiger partial charge >= 0.3 is 0 Å². The maximum absolute atomic E-state index is 6.35. The van der Waals surface area contributed by atoms with E-state index in [1.165, 1.54) is 10.8 Å². The molecule has 0 atom stereocenters. The minimum Gasteiger partial charge on any atom is -0.328 e. The highest BCUT2D eigenvalue weighted by Crippen LogP contribution is 2.39. The van der Waals surface area contributed by atoms with E-state index >= 15 is 0 Å². The van der Waals surface area contributed by atoms with Gasteiger partial charge in [0.05, 0.1) is 16.4 Å². The summed E-state index contributed by atoms with van der Waals surface area (Å²) in [5.74, 6) is 0.881. The summed E-state index contributed by atoms with van der Waals surface area (Å²) in [4.78, 5) is 6.94. The van der Waals surface area contributed by atoms with Gasteiger partial charge in [0.15, 0.2) is 0 Å². The number of benzene rings is 3. The smallest absolute Gasteiger partial charge is 0.142 e. The first-order valence-electron chi connectivity index (χ1n) is 6.85. The van der Waals surface area contributed by atoms with Crippen molar-refractivity contribution in [3.8, 4) is 0 Å². The van der Waals surface area contributed by atoms with E-state index in [-0.39, 0.29) is 0 Å². The average molecular weight is 293 g/mol. The van der Waals surface area contributed by atoms with Gasteiger partial charge in [0.2, 0.25) is 0 Å². The van der Waals surface area contributed by atoms with Gasteiger partial charge in [0.1, 0.15) is 5.84 Å². The second-order valence-electron chi connectivity index (χ2n) is 5.13. The maximum Gasteiger partial charge on any atom is 0.142 e. The van der Waals surface area contributed by atoms with Crippen molar-refractivity contribution in [2.75, 3.05) is 11.9 Å². The van der Waals surface area contributed by atoms with Crippen LogP contribution in [0.4, 0.5) is 11.4 Å². The molecule has 102 valence electrons. The molecule has 0 radical (unpaired) electrons. The largest absolute Gasteiger partial charge is 0.328 e. The molecular weight excluding hydrogens is 280 g/mol. The third kappa shape index (κ3) is 1.83. The Hall–Kier alpha value is -2.32. The van der Waals surface area contributed by atoms with Gasteiger partial charge in [-0.05, 0) is 29.7 Å². The van der Waals surface area contributed by atoms with Crippen LogP contribution in [0.25, 0.3) is 10.8 Å². The lowest BCUT2D eigenvalue weighted by Gasteiger charge is -2.28. The van der Waals surface area contributed by atoms with Crippen LogP contribution < -0.4 is 4.90 Å². The monoisotopic (exact) mass is 292 g/mol. The van der Waals surface area contributed by atoms with E-state index in [0.717, 1.165) is 27.8 Å². The molecule has 1 aliphatic rings. The lowest BCUT2D eigenvalue weighted by atomic mass is 10.0. The molecule has 0 fully saturated rings. The third-order valence-electron chi connectivity index (χ3n) is 3.88. The molecule has 0 aliphatic carbocycles. The van der Waals surface area contributed by atoms with E-state index in [4.69, 9.17) is 16.6 Å². The van der Waals surface area contributed by atoms with Crippen molar-refractivity contribution >= 4 is 39.6 Å². The number of amidine groups is 1. The number of halogens is 1. The topological polar surface area (TPSA) is 15.6 Å². The zero-order chi connectivity index (χ0) is 14.4. The summed E-state index contributed by atoms with van der Waals surface area (Å²) in [5, 5.41) is 3.12. The van der Waals surface area contributed by atoms with E-state index in [1.54, 1.807) is 0 Å². The van der Waals surface area contributed by atoms with Crippen LogP contribution in [0.2, 0.25) is 5.02 Å². The Bertz CT molecular complexity index is 878. The molecule has 3 aromatic carbocycles. The number of anilines is 1. The molecule has 2 nitrogen and oxygen atoms in total. The normalized spacial score (nSPS) is 13.4. The van der Waals surface area contributed by atoms with E-state index in [9.17, 15) is 0 Å². The fraction of sp³-hybridized carbons (Fsp3) is 0.0556. The summed E-state index contributed by atoms with van der Waals surface area (Å²) in [6.45, 7) is 0. The Balaban J connectivity index is 2.02. The number of nitrogens with zero attached hydrogens (tertiary/aromatic N) is 2. The molecule has 21 heavy (non-hydrogen) atoms. The molecule has 0 bridgehead atoms. The Morgan fingerprint density at radius 3 is 2.48 bits per heavy atom. The quantitative estimate of drug-likeness (QED) is 0.615. The number of hydrogen-bond donors (Lipinski definition) is 0. The summed E-state index contributed by atoms with van der Waals surface area (Å²) >= 11 is 6.35. The molecule has 0 aromatic heterocycles. The van der Waals surface area contributed by atoms with Crippen molar-refractivity contribution in [3.63, 3.8) is 0 Å². The molecule has 0 saturated heterocycles. The molecule has 3 heteroatoms. The Kier molecular flexibility index (Phi) is 2.72. The van der Waals surface area contributed by atoms with Crippen molar-refractivity contribution in [3.05, 3.63) is 71.2 Å². The molecule has 0 amide bonds. The first kappa shape index (κ1) is 12.4. The van der Waals surface area contributed by atoms with E-state index in [1.807, 2.05) is 37.4 Å². The molecule has 0 unspecified atom stereocenters. The fourth-order valence-corrected chi connectivity index (χ4v) is 3.08. The molecule has 1 heterocycles. The fourth-order valence-electron chi connectivity index (χ4n) is 2.86. The van der Waals surface area contributed by atoms with Crippen molar-refractivity contribution < 1.29 is 0 Å². The average Bonchev–Trinajstić information content (AvgIpc) is 2.52. The predicted molar refractivity (Wildman–Crippen MR) is 90.0 cm³/mol. The summed E-state index contributed by atoms with van der Waals surface area (Å²) in [7, 11) is 2.03. The summed E-state index contributed by atoms with van der Waals surface area (Å²) in [6.07, 6.45) is 0. The van der Waals surface area contributed by atoms with Crippen LogP contribution >= 0.6 is 11.6 Å². The van der Waals surface area contributed by atoms with E-state index in [0.29, 0.717) is 0 Å². The molecule has 0 saturated carbocycles. The van der Waals surface area contributed by atoms with Gasteiger partial charge in [-0.1, -0.05) is 48.0 Å². The van der Waals surface area contributed by atoms with Gasteiger partial charge in [-0.25, -0.2) is 4.99 Å². The summed E-state index contributed by atoms with van der Waals surface area (Å²) in [6, 6.07) is 20.3. The van der Waals surface area contributed by atoms with Gasteiger partial charge < -0.3 is 4.90 Å². The van der Waals surface area contributed by atoms with Crippen molar-refractivity contribution in [2.45, 2.75) is 0 Å². The van der Waals surface area contributed by atoms with Crippen LogP contribution in [0.3, 0.4) is 0 Å². The SMILES string of the molecule is CN1C(c2ccccc2Cl)=Nc2cccc3cccc1c23. The van der Waals surface area contributed by atoms with Crippen molar-refractivity contribution in [1.29, 1.82) is 0 Å². The Morgan fingerprint density at radius 2 is 1.67 bits per heavy atom. The molecule has 0 spiro atoms. The Labute approximate surface area is 128 Å². The van der Waals surface area contributed by atoms with Gasteiger partial charge in [0.25, 0.3) is 0 Å². The maximum atomic E-state index is 6.35. The molecule has 1 aliphatic heterocycles. The highest BCUT2D eigenvalue weighted by molar-refractivity contribution is 6.35. The molecule has 3 aromatic rings.